The standard InChI is InChI=1S/C22H36N4O2/c1-4-10-20(26-18(3)15-17(2)23-26)22(28)25-14-9-11-19(16-25)21(27)24-12-7-5-6-8-13-24/h15,19-20H,4-14,16H2,1-3H3/t19-,20+/m1/s1. The molecule has 0 bridgehead atoms. The van der Waals surface area contributed by atoms with Gasteiger partial charge in [-0.25, -0.2) is 0 Å². The second-order valence-corrected chi connectivity index (χ2v) is 8.54. The molecule has 0 aliphatic carbocycles. The zero-order valence-corrected chi connectivity index (χ0v) is 17.8. The summed E-state index contributed by atoms with van der Waals surface area (Å²) in [6, 6.07) is 1.77. The number of aryl methyl sites for hydroxylation is 2. The minimum Gasteiger partial charge on any atom is -0.342 e. The van der Waals surface area contributed by atoms with Gasteiger partial charge in [-0.05, 0) is 52.0 Å². The third-order valence-corrected chi connectivity index (χ3v) is 6.19. The van der Waals surface area contributed by atoms with Gasteiger partial charge in [-0.1, -0.05) is 26.2 Å². The van der Waals surface area contributed by atoms with Crippen LogP contribution in [0.5, 0.6) is 0 Å². The van der Waals surface area contributed by atoms with Crippen LogP contribution in [-0.4, -0.2) is 57.6 Å². The summed E-state index contributed by atoms with van der Waals surface area (Å²) in [5, 5.41) is 4.58. The lowest BCUT2D eigenvalue weighted by Gasteiger charge is -2.36. The largest absolute Gasteiger partial charge is 0.342 e. The lowest BCUT2D eigenvalue weighted by atomic mass is 9.95. The molecule has 0 unspecified atom stereocenters. The molecule has 0 radical (unpaired) electrons. The molecular weight excluding hydrogens is 352 g/mol. The van der Waals surface area contributed by atoms with E-state index in [1.807, 2.05) is 29.5 Å². The van der Waals surface area contributed by atoms with Gasteiger partial charge in [-0.2, -0.15) is 5.10 Å². The zero-order valence-electron chi connectivity index (χ0n) is 17.8. The summed E-state index contributed by atoms with van der Waals surface area (Å²) in [5.41, 5.74) is 1.97. The molecule has 2 atom stereocenters. The van der Waals surface area contributed by atoms with Crippen molar-refractivity contribution in [2.75, 3.05) is 26.2 Å². The Morgan fingerprint density at radius 1 is 1.07 bits per heavy atom. The van der Waals surface area contributed by atoms with Crippen LogP contribution in [0.25, 0.3) is 0 Å². The van der Waals surface area contributed by atoms with Crippen LogP contribution in [0.4, 0.5) is 0 Å². The van der Waals surface area contributed by atoms with Gasteiger partial charge in [-0.15, -0.1) is 0 Å². The molecule has 6 nitrogen and oxygen atoms in total. The molecule has 2 amide bonds. The van der Waals surface area contributed by atoms with Gasteiger partial charge in [0.1, 0.15) is 6.04 Å². The second kappa shape index (κ2) is 9.57. The lowest BCUT2D eigenvalue weighted by molar-refractivity contribution is -0.142. The molecule has 6 heteroatoms. The fourth-order valence-corrected chi connectivity index (χ4v) is 4.72. The number of hydrogen-bond acceptors (Lipinski definition) is 3. The van der Waals surface area contributed by atoms with Crippen LogP contribution in [-0.2, 0) is 9.59 Å². The highest BCUT2D eigenvalue weighted by atomic mass is 16.2. The number of carbonyl (C=O) groups is 2. The fraction of sp³-hybridized carbons (Fsp3) is 0.773. The van der Waals surface area contributed by atoms with Crippen LogP contribution in [0, 0.1) is 19.8 Å². The van der Waals surface area contributed by atoms with Crippen molar-refractivity contribution in [3.05, 3.63) is 17.5 Å². The van der Waals surface area contributed by atoms with Gasteiger partial charge in [0.25, 0.3) is 0 Å². The number of nitrogens with zero attached hydrogens (tertiary/aromatic N) is 4. The monoisotopic (exact) mass is 388 g/mol. The molecule has 28 heavy (non-hydrogen) atoms. The van der Waals surface area contributed by atoms with E-state index in [0.29, 0.717) is 6.54 Å². The van der Waals surface area contributed by atoms with E-state index < -0.39 is 0 Å². The van der Waals surface area contributed by atoms with Crippen LogP contribution in [0.2, 0.25) is 0 Å². The van der Waals surface area contributed by atoms with Crippen LogP contribution in [0.3, 0.4) is 0 Å². The molecule has 3 rings (SSSR count). The Morgan fingerprint density at radius 3 is 2.36 bits per heavy atom. The molecule has 156 valence electrons. The van der Waals surface area contributed by atoms with Gasteiger partial charge < -0.3 is 9.80 Å². The molecule has 3 heterocycles. The molecular formula is C22H36N4O2. The van der Waals surface area contributed by atoms with E-state index >= 15 is 0 Å². The van der Waals surface area contributed by atoms with E-state index in [1.54, 1.807) is 0 Å². The van der Waals surface area contributed by atoms with Gasteiger partial charge >= 0.3 is 0 Å². The van der Waals surface area contributed by atoms with Gasteiger partial charge in [0.2, 0.25) is 11.8 Å². The van der Waals surface area contributed by atoms with Gasteiger partial charge in [0.05, 0.1) is 11.6 Å². The number of amides is 2. The van der Waals surface area contributed by atoms with E-state index in [9.17, 15) is 9.59 Å². The first-order valence-electron chi connectivity index (χ1n) is 11.1. The molecule has 1 aromatic rings. The first-order chi connectivity index (χ1) is 13.5. The molecule has 2 fully saturated rings. The zero-order chi connectivity index (χ0) is 20.1. The Balaban J connectivity index is 1.70. The molecule has 0 N–H and O–H groups in total. The van der Waals surface area contributed by atoms with E-state index in [1.165, 1.54) is 12.8 Å². The summed E-state index contributed by atoms with van der Waals surface area (Å²) < 4.78 is 1.89. The van der Waals surface area contributed by atoms with Crippen molar-refractivity contribution in [1.82, 2.24) is 19.6 Å². The molecule has 0 spiro atoms. The Bertz CT molecular complexity index is 676. The van der Waals surface area contributed by atoms with Crippen molar-refractivity contribution >= 4 is 11.8 Å². The van der Waals surface area contributed by atoms with Gasteiger partial charge in [0.15, 0.2) is 0 Å². The Labute approximate surface area is 169 Å². The van der Waals surface area contributed by atoms with Crippen molar-refractivity contribution in [3.8, 4) is 0 Å². The number of piperidine rings is 1. The third kappa shape index (κ3) is 4.76. The highest BCUT2D eigenvalue weighted by Crippen LogP contribution is 2.25. The molecule has 2 aliphatic rings. The summed E-state index contributed by atoms with van der Waals surface area (Å²) in [4.78, 5) is 30.4. The summed E-state index contributed by atoms with van der Waals surface area (Å²) in [6.45, 7) is 9.16. The number of carbonyl (C=O) groups excluding carboxylic acids is 2. The predicted molar refractivity (Wildman–Crippen MR) is 110 cm³/mol. The summed E-state index contributed by atoms with van der Waals surface area (Å²) in [5.74, 6) is 0.345. The van der Waals surface area contributed by atoms with E-state index in [4.69, 9.17) is 0 Å². The Morgan fingerprint density at radius 2 is 1.75 bits per heavy atom. The number of likely N-dealkylation sites (tertiary alicyclic amines) is 2. The maximum atomic E-state index is 13.4. The first-order valence-corrected chi connectivity index (χ1v) is 11.1. The van der Waals surface area contributed by atoms with Crippen LogP contribution in [0.1, 0.15) is 75.7 Å². The third-order valence-electron chi connectivity index (χ3n) is 6.19. The number of hydrogen-bond donors (Lipinski definition) is 0. The molecule has 0 saturated carbocycles. The van der Waals surface area contributed by atoms with Crippen LogP contribution >= 0.6 is 0 Å². The van der Waals surface area contributed by atoms with Crippen molar-refractivity contribution in [2.24, 2.45) is 5.92 Å². The van der Waals surface area contributed by atoms with Gasteiger partial charge in [-0.3, -0.25) is 14.3 Å². The Hall–Kier alpha value is -1.85. The minimum atomic E-state index is -0.259. The first kappa shape index (κ1) is 20.9. The average Bonchev–Trinajstić information content (AvgIpc) is 2.89. The van der Waals surface area contributed by atoms with E-state index in [2.05, 4.69) is 16.9 Å². The van der Waals surface area contributed by atoms with Crippen molar-refractivity contribution in [1.29, 1.82) is 0 Å². The van der Waals surface area contributed by atoms with Crippen molar-refractivity contribution < 1.29 is 9.59 Å². The van der Waals surface area contributed by atoms with E-state index in [-0.39, 0.29) is 23.8 Å². The summed E-state index contributed by atoms with van der Waals surface area (Å²) in [7, 11) is 0. The maximum absolute atomic E-state index is 13.4. The SMILES string of the molecule is CCC[C@@H](C(=O)N1CCC[C@@H](C(=O)N2CCCCCC2)C1)n1nc(C)cc1C. The molecule has 0 aromatic carbocycles. The van der Waals surface area contributed by atoms with Crippen molar-refractivity contribution in [2.45, 2.75) is 78.2 Å². The van der Waals surface area contributed by atoms with Crippen molar-refractivity contribution in [3.63, 3.8) is 0 Å². The lowest BCUT2D eigenvalue weighted by Crippen LogP contribution is -2.48. The molecule has 2 aliphatic heterocycles. The number of aromatic nitrogens is 2. The molecule has 2 saturated heterocycles. The topological polar surface area (TPSA) is 58.4 Å². The summed E-state index contributed by atoms with van der Waals surface area (Å²) in [6.07, 6.45) is 8.18. The second-order valence-electron chi connectivity index (χ2n) is 8.54. The van der Waals surface area contributed by atoms with Crippen LogP contribution in [0.15, 0.2) is 6.07 Å². The Kier molecular flexibility index (Phi) is 7.13. The fourth-order valence-electron chi connectivity index (χ4n) is 4.72. The maximum Gasteiger partial charge on any atom is 0.247 e. The average molecular weight is 389 g/mol. The smallest absolute Gasteiger partial charge is 0.247 e. The molecule has 1 aromatic heterocycles. The normalized spacial score (nSPS) is 22.0. The van der Waals surface area contributed by atoms with E-state index in [0.717, 1.165) is 69.5 Å². The van der Waals surface area contributed by atoms with Gasteiger partial charge in [0, 0.05) is 31.9 Å². The van der Waals surface area contributed by atoms with Crippen LogP contribution < -0.4 is 0 Å². The quantitative estimate of drug-likeness (QED) is 0.776. The number of rotatable bonds is 5. The highest BCUT2D eigenvalue weighted by Gasteiger charge is 2.34. The minimum absolute atomic E-state index is 0.0430. The highest BCUT2D eigenvalue weighted by molar-refractivity contribution is 5.83. The predicted octanol–water partition coefficient (Wildman–Crippen LogP) is 3.48. The summed E-state index contributed by atoms with van der Waals surface area (Å²) >= 11 is 0.